The molecule has 1 aromatic heterocycles. The minimum atomic E-state index is -4.45. The molecule has 0 N–H and O–H groups in total. The number of aromatic nitrogens is 2. The fourth-order valence-corrected chi connectivity index (χ4v) is 1.65. The lowest BCUT2D eigenvalue weighted by Gasteiger charge is -2.11. The van der Waals surface area contributed by atoms with Crippen molar-refractivity contribution in [2.45, 2.75) is 13.1 Å². The molecule has 0 saturated carbocycles. The molecule has 1 aromatic carbocycles. The highest BCUT2D eigenvalue weighted by molar-refractivity contribution is 5.82. The Morgan fingerprint density at radius 3 is 2.43 bits per heavy atom. The number of hydrogen-bond donors (Lipinski definition) is 0. The fraction of sp³-hybridized carbons (Fsp3) is 0.214. The van der Waals surface area contributed by atoms with Crippen molar-refractivity contribution >= 4 is 6.29 Å². The number of benzene rings is 1. The van der Waals surface area contributed by atoms with Crippen molar-refractivity contribution in [1.82, 2.24) is 9.97 Å². The summed E-state index contributed by atoms with van der Waals surface area (Å²) in [4.78, 5) is 19.0. The molecule has 1 heterocycles. The van der Waals surface area contributed by atoms with Gasteiger partial charge in [-0.2, -0.15) is 13.2 Å². The number of carbonyl (C=O) groups is 1. The molecule has 0 fully saturated rings. The van der Waals surface area contributed by atoms with Gasteiger partial charge in [0.05, 0.1) is 5.56 Å². The van der Waals surface area contributed by atoms with Crippen molar-refractivity contribution in [3.63, 3.8) is 0 Å². The molecule has 0 aliphatic heterocycles. The molecule has 0 spiro atoms. The SMILES string of the molecule is Cc1ncc(-c2ccc(OCC(F)(F)F)c(C=O)c2)cn1. The fourth-order valence-electron chi connectivity index (χ4n) is 1.65. The summed E-state index contributed by atoms with van der Waals surface area (Å²) in [6.07, 6.45) is -0.862. The van der Waals surface area contributed by atoms with E-state index in [-0.39, 0.29) is 11.3 Å². The van der Waals surface area contributed by atoms with Crippen LogP contribution in [0.4, 0.5) is 13.2 Å². The molecule has 0 aliphatic carbocycles. The van der Waals surface area contributed by atoms with Gasteiger partial charge in [-0.3, -0.25) is 4.79 Å². The molecule has 0 saturated heterocycles. The van der Waals surface area contributed by atoms with Gasteiger partial charge in [-0.15, -0.1) is 0 Å². The Morgan fingerprint density at radius 1 is 1.19 bits per heavy atom. The lowest BCUT2D eigenvalue weighted by Crippen LogP contribution is -2.19. The Morgan fingerprint density at radius 2 is 1.86 bits per heavy atom. The van der Waals surface area contributed by atoms with Gasteiger partial charge in [0, 0.05) is 18.0 Å². The standard InChI is InChI=1S/C14H11F3N2O2/c1-9-18-5-12(6-19-9)10-2-3-13(11(4-10)7-20)21-8-14(15,16)17/h2-7H,8H2,1H3. The van der Waals surface area contributed by atoms with Crippen LogP contribution in [0.15, 0.2) is 30.6 Å². The minimum absolute atomic E-state index is 0.0392. The minimum Gasteiger partial charge on any atom is -0.483 e. The molecule has 0 atom stereocenters. The third-order valence-electron chi connectivity index (χ3n) is 2.64. The van der Waals surface area contributed by atoms with Gasteiger partial charge in [0.2, 0.25) is 0 Å². The second kappa shape index (κ2) is 5.90. The maximum Gasteiger partial charge on any atom is 0.422 e. The first kappa shape index (κ1) is 15.0. The molecule has 21 heavy (non-hydrogen) atoms. The summed E-state index contributed by atoms with van der Waals surface area (Å²) in [5, 5.41) is 0. The summed E-state index contributed by atoms with van der Waals surface area (Å²) in [5.41, 5.74) is 1.32. The Kier molecular flexibility index (Phi) is 4.21. The normalized spacial score (nSPS) is 11.2. The summed E-state index contributed by atoms with van der Waals surface area (Å²) in [7, 11) is 0. The molecule has 110 valence electrons. The molecular weight excluding hydrogens is 285 g/mol. The van der Waals surface area contributed by atoms with Crippen molar-refractivity contribution in [3.8, 4) is 16.9 Å². The summed E-state index contributed by atoms with van der Waals surface area (Å²) < 4.78 is 41.0. The number of aldehydes is 1. The van der Waals surface area contributed by atoms with Crippen molar-refractivity contribution in [2.24, 2.45) is 0 Å². The van der Waals surface area contributed by atoms with Crippen LogP contribution in [-0.2, 0) is 0 Å². The Labute approximate surface area is 118 Å². The van der Waals surface area contributed by atoms with Crippen LogP contribution in [-0.4, -0.2) is 29.0 Å². The largest absolute Gasteiger partial charge is 0.483 e. The second-order valence-corrected chi connectivity index (χ2v) is 4.29. The van der Waals surface area contributed by atoms with Gasteiger partial charge in [-0.05, 0) is 24.6 Å². The molecule has 0 aliphatic rings. The molecule has 2 rings (SSSR count). The van der Waals surface area contributed by atoms with E-state index in [0.717, 1.165) is 0 Å². The molecular formula is C14H11F3N2O2. The molecule has 0 radical (unpaired) electrons. The molecule has 7 heteroatoms. The lowest BCUT2D eigenvalue weighted by atomic mass is 10.1. The van der Waals surface area contributed by atoms with Gasteiger partial charge in [-0.25, -0.2) is 9.97 Å². The molecule has 2 aromatic rings. The van der Waals surface area contributed by atoms with Gasteiger partial charge in [-0.1, -0.05) is 6.07 Å². The van der Waals surface area contributed by atoms with Crippen LogP contribution in [0.25, 0.3) is 11.1 Å². The smallest absolute Gasteiger partial charge is 0.422 e. The van der Waals surface area contributed by atoms with E-state index in [1.807, 2.05) is 0 Å². The van der Waals surface area contributed by atoms with Crippen LogP contribution in [0.2, 0.25) is 0 Å². The predicted octanol–water partition coefficient (Wildman–Crippen LogP) is 3.21. The number of halogens is 3. The summed E-state index contributed by atoms with van der Waals surface area (Å²) in [6.45, 7) is 0.287. The number of nitrogens with zero attached hydrogens (tertiary/aromatic N) is 2. The van der Waals surface area contributed by atoms with E-state index in [1.54, 1.807) is 25.4 Å². The maximum atomic E-state index is 12.1. The van der Waals surface area contributed by atoms with Gasteiger partial charge in [0.15, 0.2) is 12.9 Å². The zero-order valence-electron chi connectivity index (χ0n) is 11.0. The van der Waals surface area contributed by atoms with E-state index in [9.17, 15) is 18.0 Å². The summed E-state index contributed by atoms with van der Waals surface area (Å²) >= 11 is 0. The highest BCUT2D eigenvalue weighted by atomic mass is 19.4. The zero-order valence-corrected chi connectivity index (χ0v) is 11.0. The third kappa shape index (κ3) is 4.01. The molecule has 0 amide bonds. The molecule has 0 bridgehead atoms. The Balaban J connectivity index is 2.27. The van der Waals surface area contributed by atoms with Crippen LogP contribution in [0.5, 0.6) is 5.75 Å². The predicted molar refractivity (Wildman–Crippen MR) is 69.1 cm³/mol. The summed E-state index contributed by atoms with van der Waals surface area (Å²) in [6, 6.07) is 4.31. The zero-order chi connectivity index (χ0) is 15.5. The number of aryl methyl sites for hydroxylation is 1. The maximum absolute atomic E-state index is 12.1. The topological polar surface area (TPSA) is 52.1 Å². The number of alkyl halides is 3. The molecule has 0 unspecified atom stereocenters. The Bertz CT molecular complexity index is 640. The quantitative estimate of drug-likeness (QED) is 0.813. The van der Waals surface area contributed by atoms with E-state index < -0.39 is 12.8 Å². The average molecular weight is 296 g/mol. The molecule has 4 nitrogen and oxygen atoms in total. The first-order valence-corrected chi connectivity index (χ1v) is 5.97. The van der Waals surface area contributed by atoms with Gasteiger partial charge in [0.25, 0.3) is 0 Å². The van der Waals surface area contributed by atoms with E-state index in [1.165, 1.54) is 12.1 Å². The van der Waals surface area contributed by atoms with Crippen LogP contribution in [0, 0.1) is 6.92 Å². The number of ether oxygens (including phenoxy) is 1. The number of rotatable bonds is 4. The van der Waals surface area contributed by atoms with Gasteiger partial charge in [0.1, 0.15) is 11.6 Å². The first-order chi connectivity index (χ1) is 9.89. The number of carbonyl (C=O) groups excluding carboxylic acids is 1. The van der Waals surface area contributed by atoms with E-state index >= 15 is 0 Å². The monoisotopic (exact) mass is 296 g/mol. The van der Waals surface area contributed by atoms with Crippen molar-refractivity contribution < 1.29 is 22.7 Å². The van der Waals surface area contributed by atoms with E-state index in [4.69, 9.17) is 0 Å². The third-order valence-corrected chi connectivity index (χ3v) is 2.64. The van der Waals surface area contributed by atoms with Crippen LogP contribution < -0.4 is 4.74 Å². The highest BCUT2D eigenvalue weighted by Crippen LogP contribution is 2.26. The lowest BCUT2D eigenvalue weighted by molar-refractivity contribution is -0.153. The van der Waals surface area contributed by atoms with Crippen molar-refractivity contribution in [2.75, 3.05) is 6.61 Å². The van der Waals surface area contributed by atoms with Crippen LogP contribution >= 0.6 is 0 Å². The van der Waals surface area contributed by atoms with Crippen molar-refractivity contribution in [1.29, 1.82) is 0 Å². The Hall–Kier alpha value is -2.44. The first-order valence-electron chi connectivity index (χ1n) is 5.97. The summed E-state index contributed by atoms with van der Waals surface area (Å²) in [5.74, 6) is 0.485. The van der Waals surface area contributed by atoms with Gasteiger partial charge < -0.3 is 4.74 Å². The van der Waals surface area contributed by atoms with Crippen LogP contribution in [0.1, 0.15) is 16.2 Å². The van der Waals surface area contributed by atoms with Crippen molar-refractivity contribution in [3.05, 3.63) is 42.0 Å². The van der Waals surface area contributed by atoms with Gasteiger partial charge >= 0.3 is 6.18 Å². The average Bonchev–Trinajstić information content (AvgIpc) is 2.45. The van der Waals surface area contributed by atoms with E-state index in [0.29, 0.717) is 23.2 Å². The second-order valence-electron chi connectivity index (χ2n) is 4.29. The van der Waals surface area contributed by atoms with E-state index in [2.05, 4.69) is 14.7 Å². The van der Waals surface area contributed by atoms with Crippen LogP contribution in [0.3, 0.4) is 0 Å². The number of hydrogen-bond acceptors (Lipinski definition) is 4. The highest BCUT2D eigenvalue weighted by Gasteiger charge is 2.28.